The first kappa shape index (κ1) is 47.2. The van der Waals surface area contributed by atoms with E-state index in [1.165, 1.54) is 14.2 Å². The Hall–Kier alpha value is -6.75. The highest BCUT2D eigenvalue weighted by Crippen LogP contribution is 2.46. The van der Waals surface area contributed by atoms with Crippen molar-refractivity contribution in [3.8, 4) is 33.6 Å². The topological polar surface area (TPSA) is 192 Å². The minimum absolute atomic E-state index is 0.0292. The number of methoxy groups -OCH3 is 1. The smallest absolute Gasteiger partial charge is 0.406 e. The summed E-state index contributed by atoms with van der Waals surface area (Å²) >= 11 is 0. The van der Waals surface area contributed by atoms with Crippen molar-refractivity contribution in [2.24, 2.45) is 0 Å². The number of fused-ring (bicyclic) bond motifs is 8. The Bertz CT molecular complexity index is 2540. The Labute approximate surface area is 384 Å². The summed E-state index contributed by atoms with van der Waals surface area (Å²) in [4.78, 5) is 66.7. The number of nitrogens with one attached hydrogen (secondary N) is 3. The molecule has 66 heavy (non-hydrogen) atoms. The number of ether oxygens (including phenoxy) is 4. The van der Waals surface area contributed by atoms with Gasteiger partial charge < -0.3 is 39.8 Å². The zero-order chi connectivity index (χ0) is 46.4. The van der Waals surface area contributed by atoms with Crippen molar-refractivity contribution in [1.29, 1.82) is 0 Å². The molecule has 4 aromatic carbocycles. The number of Topliss-reactive ketones (excluding diaryl/α,β-unsaturated/α-hetero) is 1. The number of benzene rings is 4. The van der Waals surface area contributed by atoms with Gasteiger partial charge in [-0.25, -0.2) is 9.48 Å². The molecule has 2 aliphatic rings. The molecule has 5 aromatic rings. The van der Waals surface area contributed by atoms with E-state index in [1.807, 2.05) is 85.8 Å². The third kappa shape index (κ3) is 11.2. The maximum absolute atomic E-state index is 13.9. The lowest BCUT2D eigenvalue weighted by Crippen LogP contribution is -2.35. The van der Waals surface area contributed by atoms with Gasteiger partial charge in [-0.1, -0.05) is 72.8 Å². The summed E-state index contributed by atoms with van der Waals surface area (Å²) in [6, 6.07) is 26.6. The zero-order valence-corrected chi connectivity index (χ0v) is 37.7. The highest BCUT2D eigenvalue weighted by Gasteiger charge is 2.32. The van der Waals surface area contributed by atoms with Crippen LogP contribution < -0.4 is 20.9 Å². The number of rotatable bonds is 22. The Morgan fingerprint density at radius 1 is 0.742 bits per heavy atom. The molecule has 1 aromatic heterocycles. The Morgan fingerprint density at radius 3 is 2.24 bits per heavy atom. The largest absolute Gasteiger partial charge is 0.449 e. The molecule has 346 valence electrons. The fourth-order valence-electron chi connectivity index (χ4n) is 8.32. The van der Waals surface area contributed by atoms with E-state index in [1.54, 1.807) is 15.6 Å². The molecule has 0 saturated heterocycles. The van der Waals surface area contributed by atoms with E-state index >= 15 is 0 Å². The number of aromatic nitrogens is 3. The van der Waals surface area contributed by atoms with Gasteiger partial charge in [0.15, 0.2) is 5.78 Å². The van der Waals surface area contributed by atoms with Crippen molar-refractivity contribution < 1.29 is 42.9 Å². The molecule has 16 heteroatoms. The van der Waals surface area contributed by atoms with Crippen molar-refractivity contribution in [1.82, 2.24) is 30.9 Å². The molecule has 0 saturated carbocycles. The molecular formula is C50H57N7O9. The van der Waals surface area contributed by atoms with Crippen LogP contribution in [0, 0.1) is 0 Å². The van der Waals surface area contributed by atoms with E-state index < -0.39 is 6.09 Å². The molecule has 0 bridgehead atoms. The van der Waals surface area contributed by atoms with Gasteiger partial charge in [-0.15, -0.1) is 5.10 Å². The summed E-state index contributed by atoms with van der Waals surface area (Å²) in [7, 11) is 3.03. The maximum atomic E-state index is 13.9. The van der Waals surface area contributed by atoms with Crippen LogP contribution in [0.3, 0.4) is 0 Å². The second-order valence-corrected chi connectivity index (χ2v) is 16.0. The van der Waals surface area contributed by atoms with Crippen LogP contribution in [0.1, 0.15) is 82.4 Å². The van der Waals surface area contributed by atoms with E-state index in [4.69, 9.17) is 18.9 Å². The number of para-hydroxylation sites is 1. The first-order valence-corrected chi connectivity index (χ1v) is 22.5. The van der Waals surface area contributed by atoms with Gasteiger partial charge in [0.1, 0.15) is 12.3 Å². The Kier molecular flexibility index (Phi) is 16.4. The lowest BCUT2D eigenvalue weighted by Gasteiger charge is -2.29. The van der Waals surface area contributed by atoms with Crippen molar-refractivity contribution in [3.05, 3.63) is 113 Å². The summed E-state index contributed by atoms with van der Waals surface area (Å²) in [6.07, 6.45) is 1.40. The van der Waals surface area contributed by atoms with E-state index in [-0.39, 0.29) is 61.8 Å². The van der Waals surface area contributed by atoms with Gasteiger partial charge in [0.05, 0.1) is 44.3 Å². The molecule has 0 fully saturated rings. The summed E-state index contributed by atoms with van der Waals surface area (Å²) in [5, 5.41) is 17.4. The number of nitrogens with zero attached hydrogens (tertiary/aromatic N) is 4. The number of amides is 4. The van der Waals surface area contributed by atoms with Crippen LogP contribution in [0.5, 0.6) is 0 Å². The molecule has 1 aliphatic heterocycles. The zero-order valence-electron chi connectivity index (χ0n) is 37.7. The van der Waals surface area contributed by atoms with Crippen LogP contribution in [0.15, 0.2) is 84.9 Å². The van der Waals surface area contributed by atoms with Crippen LogP contribution in [0.2, 0.25) is 0 Å². The van der Waals surface area contributed by atoms with Crippen LogP contribution in [-0.4, -0.2) is 111 Å². The first-order chi connectivity index (χ1) is 32.2. The average Bonchev–Trinajstić information content (AvgIpc) is 3.89. The first-order valence-electron chi connectivity index (χ1n) is 22.5. The van der Waals surface area contributed by atoms with Gasteiger partial charge in [-0.3, -0.25) is 19.2 Å². The molecule has 0 radical (unpaired) electrons. The van der Waals surface area contributed by atoms with Crippen molar-refractivity contribution in [3.63, 3.8) is 0 Å². The van der Waals surface area contributed by atoms with Gasteiger partial charge in [0, 0.05) is 87.9 Å². The standard InChI is InChI=1S/C50H57N7O9/c1-4-24-64-27-22-53-49(61)34-16-18-38-37-17-15-33(29-40(37)42(41(38)30-34)32-66-50(62)51-2)44(58)14-9-25-65-28-23-57-48-39-12-7-8-13-43(39)56(46(60)19-21-52-45(59)20-26-63-3)31-35-10-5-6-11-36(35)47(48)54-55-57/h5-8,10-13,15-18,29-30,42H,4,9,14,19-28,31-32H2,1-3H3,(H,51,62)(H,52,59)(H,53,61). The Morgan fingerprint density at radius 2 is 1.47 bits per heavy atom. The lowest BCUT2D eigenvalue weighted by molar-refractivity contribution is -0.122. The third-order valence-electron chi connectivity index (χ3n) is 11.6. The summed E-state index contributed by atoms with van der Waals surface area (Å²) in [6.45, 7) is 5.33. The molecule has 16 nitrogen and oxygen atoms in total. The monoisotopic (exact) mass is 899 g/mol. The summed E-state index contributed by atoms with van der Waals surface area (Å²) < 4.78 is 23.9. The Balaban J connectivity index is 0.984. The predicted molar refractivity (Wildman–Crippen MR) is 248 cm³/mol. The molecule has 2 heterocycles. The van der Waals surface area contributed by atoms with E-state index in [2.05, 4.69) is 26.3 Å². The second kappa shape index (κ2) is 22.9. The number of carbonyl (C=O) groups excluding carboxylic acids is 5. The van der Waals surface area contributed by atoms with Crippen LogP contribution >= 0.6 is 0 Å². The highest BCUT2D eigenvalue weighted by atomic mass is 16.5. The molecular weight excluding hydrogens is 843 g/mol. The number of hydrogen-bond donors (Lipinski definition) is 3. The minimum Gasteiger partial charge on any atom is -0.449 e. The van der Waals surface area contributed by atoms with Gasteiger partial charge in [-0.05, 0) is 64.9 Å². The second-order valence-electron chi connectivity index (χ2n) is 16.0. The van der Waals surface area contributed by atoms with Gasteiger partial charge in [0.25, 0.3) is 5.91 Å². The number of alkyl carbamates (subject to hydrolysis) is 1. The number of ketones is 1. The van der Waals surface area contributed by atoms with Crippen LogP contribution in [0.4, 0.5) is 10.5 Å². The van der Waals surface area contributed by atoms with Crippen molar-refractivity contribution in [2.45, 2.75) is 58.0 Å². The molecule has 1 atom stereocenters. The number of hydrogen-bond acceptors (Lipinski definition) is 11. The summed E-state index contributed by atoms with van der Waals surface area (Å²) in [5.41, 5.74) is 9.30. The van der Waals surface area contributed by atoms with E-state index in [0.717, 1.165) is 51.1 Å². The van der Waals surface area contributed by atoms with Crippen LogP contribution in [-0.2, 0) is 41.6 Å². The fraction of sp³-hybridized carbons (Fsp3) is 0.380. The number of anilines is 1. The average molecular weight is 900 g/mol. The molecule has 1 aliphatic carbocycles. The quantitative estimate of drug-likeness (QED) is 0.0522. The van der Waals surface area contributed by atoms with E-state index in [9.17, 15) is 24.0 Å². The van der Waals surface area contributed by atoms with Gasteiger partial charge >= 0.3 is 6.09 Å². The molecule has 7 rings (SSSR count). The predicted octanol–water partition coefficient (Wildman–Crippen LogP) is 6.31. The highest BCUT2D eigenvalue weighted by molar-refractivity contribution is 6.01. The third-order valence-corrected chi connectivity index (χ3v) is 11.6. The molecule has 1 unspecified atom stereocenters. The van der Waals surface area contributed by atoms with E-state index in [0.29, 0.717) is 81.6 Å². The minimum atomic E-state index is -0.573. The summed E-state index contributed by atoms with van der Waals surface area (Å²) in [5.74, 6) is -0.962. The van der Waals surface area contributed by atoms with Gasteiger partial charge in [-0.2, -0.15) is 0 Å². The normalized spacial score (nSPS) is 13.3. The molecule has 0 spiro atoms. The lowest BCUT2D eigenvalue weighted by atomic mass is 9.94. The van der Waals surface area contributed by atoms with Crippen molar-refractivity contribution >= 4 is 35.3 Å². The molecule has 3 N–H and O–H groups in total. The van der Waals surface area contributed by atoms with Crippen molar-refractivity contribution in [2.75, 3.05) is 71.8 Å². The fourth-order valence-corrected chi connectivity index (χ4v) is 8.32. The number of carbonyl (C=O) groups is 5. The SMILES string of the molecule is CCCOCCNC(=O)c1ccc2c(c1)C(COC(=O)NC)c1cc(C(=O)CCCOCCn3nnc4c3-c3ccccc3N(C(=O)CCNC(=O)CCOC)Cc3ccccc3-4)ccc1-2. The van der Waals surface area contributed by atoms with Gasteiger partial charge in [0.2, 0.25) is 11.8 Å². The van der Waals surface area contributed by atoms with Crippen LogP contribution in [0.25, 0.3) is 33.6 Å². The molecule has 4 amide bonds. The maximum Gasteiger partial charge on any atom is 0.406 e.